The molecule has 0 aliphatic carbocycles. The minimum Gasteiger partial charge on any atom is -0.378 e. The highest BCUT2D eigenvalue weighted by molar-refractivity contribution is 5.57. The number of nitrogens with zero attached hydrogens (tertiary/aromatic N) is 2. The maximum absolute atomic E-state index is 9.07. The summed E-state index contributed by atoms with van der Waals surface area (Å²) in [6.45, 7) is 6.25. The average molecular weight is 275 g/mol. The van der Waals surface area contributed by atoms with E-state index in [9.17, 15) is 0 Å². The first-order valence-electron chi connectivity index (χ1n) is 6.82. The summed E-state index contributed by atoms with van der Waals surface area (Å²) in [4.78, 5) is 0. The van der Waals surface area contributed by atoms with E-state index in [4.69, 9.17) is 10.5 Å². The van der Waals surface area contributed by atoms with Crippen LogP contribution in [0.3, 0.4) is 0 Å². The number of benzene rings is 2. The molecular weight excluding hydrogens is 258 g/mol. The van der Waals surface area contributed by atoms with E-state index in [-0.39, 0.29) is 6.04 Å². The van der Waals surface area contributed by atoms with Crippen molar-refractivity contribution in [1.29, 1.82) is 10.5 Å². The molecule has 1 N–H and O–H groups in total. The van der Waals surface area contributed by atoms with Crippen molar-refractivity contribution < 1.29 is 0 Å². The smallest absolute Gasteiger partial charge is 0.101 e. The molecule has 1 atom stereocenters. The molecule has 0 saturated carbocycles. The van der Waals surface area contributed by atoms with Crippen LogP contribution in [0.15, 0.2) is 36.4 Å². The molecular formula is C18H17N3. The quantitative estimate of drug-likeness (QED) is 0.912. The molecule has 1 unspecified atom stereocenters. The van der Waals surface area contributed by atoms with Gasteiger partial charge < -0.3 is 5.32 Å². The third-order valence-corrected chi connectivity index (χ3v) is 3.39. The largest absolute Gasteiger partial charge is 0.378 e. The first-order valence-corrected chi connectivity index (χ1v) is 6.82. The molecule has 2 aromatic carbocycles. The third-order valence-electron chi connectivity index (χ3n) is 3.39. The summed E-state index contributed by atoms with van der Waals surface area (Å²) in [5.74, 6) is 0. The number of aryl methyl sites for hydroxylation is 2. The summed E-state index contributed by atoms with van der Waals surface area (Å²) < 4.78 is 0. The van der Waals surface area contributed by atoms with Gasteiger partial charge in [0, 0.05) is 11.7 Å². The van der Waals surface area contributed by atoms with Gasteiger partial charge in [0.25, 0.3) is 0 Å². The van der Waals surface area contributed by atoms with Gasteiger partial charge in [-0.15, -0.1) is 0 Å². The van der Waals surface area contributed by atoms with Crippen LogP contribution in [0, 0.1) is 36.5 Å². The lowest BCUT2D eigenvalue weighted by atomic mass is 10.0. The van der Waals surface area contributed by atoms with Crippen molar-refractivity contribution in [2.75, 3.05) is 5.32 Å². The van der Waals surface area contributed by atoms with E-state index >= 15 is 0 Å². The Balaban J connectivity index is 2.26. The van der Waals surface area contributed by atoms with Gasteiger partial charge >= 0.3 is 0 Å². The van der Waals surface area contributed by atoms with Crippen molar-refractivity contribution >= 4 is 5.69 Å². The van der Waals surface area contributed by atoms with Crippen molar-refractivity contribution in [3.8, 4) is 12.1 Å². The van der Waals surface area contributed by atoms with Gasteiger partial charge in [0.05, 0.1) is 11.1 Å². The van der Waals surface area contributed by atoms with Crippen LogP contribution in [-0.4, -0.2) is 0 Å². The lowest BCUT2D eigenvalue weighted by Crippen LogP contribution is -2.07. The van der Waals surface area contributed by atoms with Crippen LogP contribution in [0.25, 0.3) is 0 Å². The molecule has 104 valence electrons. The average Bonchev–Trinajstić information content (AvgIpc) is 2.46. The summed E-state index contributed by atoms with van der Waals surface area (Å²) in [5.41, 5.74) is 5.32. The highest BCUT2D eigenvalue weighted by Gasteiger charge is 2.08. The predicted molar refractivity (Wildman–Crippen MR) is 83.8 cm³/mol. The van der Waals surface area contributed by atoms with Crippen LogP contribution in [0.5, 0.6) is 0 Å². The normalized spacial score (nSPS) is 11.3. The van der Waals surface area contributed by atoms with Gasteiger partial charge in [-0.1, -0.05) is 29.3 Å². The van der Waals surface area contributed by atoms with Crippen LogP contribution in [0.4, 0.5) is 5.69 Å². The van der Waals surface area contributed by atoms with Gasteiger partial charge in [0.2, 0.25) is 0 Å². The monoisotopic (exact) mass is 275 g/mol. The number of rotatable bonds is 3. The second-order valence-electron chi connectivity index (χ2n) is 5.27. The second kappa shape index (κ2) is 6.11. The zero-order valence-corrected chi connectivity index (χ0v) is 12.4. The lowest BCUT2D eigenvalue weighted by Gasteiger charge is -2.17. The van der Waals surface area contributed by atoms with Crippen molar-refractivity contribution in [3.05, 3.63) is 64.2 Å². The molecule has 3 heteroatoms. The van der Waals surface area contributed by atoms with Gasteiger partial charge in [-0.2, -0.15) is 10.5 Å². The molecule has 0 aliphatic rings. The molecule has 2 aromatic rings. The highest BCUT2D eigenvalue weighted by atomic mass is 14.9. The van der Waals surface area contributed by atoms with Crippen molar-refractivity contribution in [1.82, 2.24) is 0 Å². The fourth-order valence-electron chi connectivity index (χ4n) is 2.42. The van der Waals surface area contributed by atoms with Gasteiger partial charge in [-0.25, -0.2) is 0 Å². The van der Waals surface area contributed by atoms with Gasteiger partial charge in [0.15, 0.2) is 0 Å². The second-order valence-corrected chi connectivity index (χ2v) is 5.27. The fourth-order valence-corrected chi connectivity index (χ4v) is 2.42. The molecule has 0 spiro atoms. The summed E-state index contributed by atoms with van der Waals surface area (Å²) >= 11 is 0. The molecule has 0 saturated heterocycles. The van der Waals surface area contributed by atoms with E-state index in [1.807, 2.05) is 12.1 Å². The molecule has 0 aromatic heterocycles. The van der Waals surface area contributed by atoms with E-state index < -0.39 is 0 Å². The molecule has 0 bridgehead atoms. The summed E-state index contributed by atoms with van der Waals surface area (Å²) in [6, 6.07) is 15.9. The van der Waals surface area contributed by atoms with Crippen LogP contribution < -0.4 is 5.32 Å². The molecule has 21 heavy (non-hydrogen) atoms. The van der Waals surface area contributed by atoms with E-state index in [0.29, 0.717) is 11.1 Å². The summed E-state index contributed by atoms with van der Waals surface area (Å²) in [6.07, 6.45) is 0. The van der Waals surface area contributed by atoms with Crippen LogP contribution in [0.2, 0.25) is 0 Å². The number of nitrogens with one attached hydrogen (secondary N) is 1. The minimum absolute atomic E-state index is 0.128. The molecule has 2 rings (SSSR count). The van der Waals surface area contributed by atoms with Crippen LogP contribution in [0.1, 0.15) is 40.8 Å². The standard InChI is InChI=1S/C18H17N3/c1-12-6-13(2)8-16(7-12)14(3)21-18-5-4-15(10-19)17(9-18)11-20/h4-9,14,21H,1-3H3. The third kappa shape index (κ3) is 3.41. The SMILES string of the molecule is Cc1cc(C)cc(C(C)Nc2ccc(C#N)c(C#N)c2)c1. The number of nitriles is 2. The molecule has 0 fully saturated rings. The Labute approximate surface area is 125 Å². The Hall–Kier alpha value is -2.78. The van der Waals surface area contributed by atoms with E-state index in [0.717, 1.165) is 5.69 Å². The van der Waals surface area contributed by atoms with Gasteiger partial charge in [0.1, 0.15) is 12.1 Å². The Bertz CT molecular complexity index is 728. The topological polar surface area (TPSA) is 59.6 Å². The van der Waals surface area contributed by atoms with Crippen LogP contribution >= 0.6 is 0 Å². The van der Waals surface area contributed by atoms with Crippen molar-refractivity contribution in [2.24, 2.45) is 0 Å². The molecule has 0 heterocycles. The first kappa shape index (κ1) is 14.6. The summed E-state index contributed by atoms with van der Waals surface area (Å²) in [7, 11) is 0. The zero-order chi connectivity index (χ0) is 15.4. The maximum Gasteiger partial charge on any atom is 0.101 e. The van der Waals surface area contributed by atoms with Gasteiger partial charge in [-0.3, -0.25) is 0 Å². The Kier molecular flexibility index (Phi) is 4.26. The highest BCUT2D eigenvalue weighted by Crippen LogP contribution is 2.23. The zero-order valence-electron chi connectivity index (χ0n) is 12.4. The Morgan fingerprint density at radius 3 is 2.10 bits per heavy atom. The maximum atomic E-state index is 9.07. The van der Waals surface area contributed by atoms with E-state index in [1.165, 1.54) is 16.7 Å². The molecule has 0 radical (unpaired) electrons. The Morgan fingerprint density at radius 1 is 0.905 bits per heavy atom. The van der Waals surface area contributed by atoms with Gasteiger partial charge in [-0.05, 0) is 44.5 Å². The predicted octanol–water partition coefficient (Wildman–Crippen LogP) is 4.22. The minimum atomic E-state index is 0.128. The fraction of sp³-hybridized carbons (Fsp3) is 0.222. The van der Waals surface area contributed by atoms with E-state index in [1.54, 1.807) is 12.1 Å². The number of anilines is 1. The first-order chi connectivity index (χ1) is 10.0. The molecule has 0 aliphatic heterocycles. The van der Waals surface area contributed by atoms with E-state index in [2.05, 4.69) is 50.4 Å². The van der Waals surface area contributed by atoms with Crippen molar-refractivity contribution in [2.45, 2.75) is 26.8 Å². The summed E-state index contributed by atoms with van der Waals surface area (Å²) in [5, 5.41) is 21.4. The number of hydrogen-bond donors (Lipinski definition) is 1. The number of hydrogen-bond acceptors (Lipinski definition) is 3. The molecule has 3 nitrogen and oxygen atoms in total. The Morgan fingerprint density at radius 2 is 1.52 bits per heavy atom. The van der Waals surface area contributed by atoms with Crippen molar-refractivity contribution in [3.63, 3.8) is 0 Å². The molecule has 0 amide bonds. The lowest BCUT2D eigenvalue weighted by molar-refractivity contribution is 0.880. The van der Waals surface area contributed by atoms with Crippen LogP contribution in [-0.2, 0) is 0 Å².